The zero-order valence-electron chi connectivity index (χ0n) is 18.5. The predicted octanol–water partition coefficient (Wildman–Crippen LogP) is 3.30. The Morgan fingerprint density at radius 1 is 1.03 bits per heavy atom. The van der Waals surface area contributed by atoms with E-state index < -0.39 is 11.6 Å². The number of hydrogen-bond acceptors (Lipinski definition) is 5. The fourth-order valence-corrected chi connectivity index (χ4v) is 5.22. The van der Waals surface area contributed by atoms with E-state index in [2.05, 4.69) is 15.2 Å². The lowest BCUT2D eigenvalue weighted by atomic mass is 9.98. The smallest absolute Gasteiger partial charge is 0.271 e. The van der Waals surface area contributed by atoms with Crippen LogP contribution in [-0.2, 0) is 0 Å². The molecule has 35 heavy (non-hydrogen) atoms. The van der Waals surface area contributed by atoms with Crippen LogP contribution in [0.25, 0.3) is 16.6 Å². The van der Waals surface area contributed by atoms with Gasteiger partial charge in [0.1, 0.15) is 17.3 Å². The van der Waals surface area contributed by atoms with Crippen LogP contribution >= 0.6 is 11.3 Å². The molecule has 178 valence electrons. The molecule has 2 amide bonds. The molecule has 2 saturated heterocycles. The van der Waals surface area contributed by atoms with Gasteiger partial charge in [-0.3, -0.25) is 14.5 Å². The first-order chi connectivity index (χ1) is 17.0. The van der Waals surface area contributed by atoms with E-state index in [4.69, 9.17) is 0 Å². The minimum absolute atomic E-state index is 0.0437. The molecule has 1 N–H and O–H groups in total. The summed E-state index contributed by atoms with van der Waals surface area (Å²) in [7, 11) is 0. The zero-order valence-corrected chi connectivity index (χ0v) is 19.3. The van der Waals surface area contributed by atoms with Gasteiger partial charge in [-0.2, -0.15) is 0 Å². The van der Waals surface area contributed by atoms with Crippen LogP contribution in [0, 0.1) is 11.6 Å². The molecule has 0 radical (unpaired) electrons. The lowest BCUT2D eigenvalue weighted by Gasteiger charge is -2.51. The lowest BCUT2D eigenvalue weighted by molar-refractivity contribution is -0.00943. The second kappa shape index (κ2) is 8.54. The second-order valence-electron chi connectivity index (χ2n) is 8.92. The Hall–Kier alpha value is -3.63. The maximum atomic E-state index is 14.2. The van der Waals surface area contributed by atoms with E-state index >= 15 is 0 Å². The largest absolute Gasteiger partial charge is 0.345 e. The first-order valence-electron chi connectivity index (χ1n) is 11.2. The quantitative estimate of drug-likeness (QED) is 0.463. The van der Waals surface area contributed by atoms with E-state index in [0.29, 0.717) is 24.3 Å². The number of aromatic nitrogens is 2. The fourth-order valence-electron chi connectivity index (χ4n) is 4.68. The molecule has 10 heteroatoms. The number of fused-ring (bicyclic) bond motifs is 1. The summed E-state index contributed by atoms with van der Waals surface area (Å²) >= 11 is 1.39. The molecular weight excluding hydrogens is 472 g/mol. The van der Waals surface area contributed by atoms with Gasteiger partial charge in [-0.15, -0.1) is 11.3 Å². The summed E-state index contributed by atoms with van der Waals surface area (Å²) in [5.74, 6) is -1.46. The second-order valence-corrected chi connectivity index (χ2v) is 9.64. The highest BCUT2D eigenvalue weighted by molar-refractivity contribution is 7.07. The molecule has 0 aliphatic carbocycles. The predicted molar refractivity (Wildman–Crippen MR) is 128 cm³/mol. The number of hydrogen-bond donors (Lipinski definition) is 1. The number of rotatable bonds is 5. The summed E-state index contributed by atoms with van der Waals surface area (Å²) in [6.07, 6.45) is 1.71. The van der Waals surface area contributed by atoms with Gasteiger partial charge >= 0.3 is 0 Å². The Labute approximate surface area is 203 Å². The van der Waals surface area contributed by atoms with Crippen molar-refractivity contribution in [1.29, 1.82) is 0 Å². The summed E-state index contributed by atoms with van der Waals surface area (Å²) in [4.78, 5) is 33.2. The van der Waals surface area contributed by atoms with Gasteiger partial charge in [-0.25, -0.2) is 13.8 Å². The fraction of sp³-hybridized carbons (Fsp3) is 0.240. The average molecular weight is 494 g/mol. The zero-order chi connectivity index (χ0) is 24.1. The van der Waals surface area contributed by atoms with Crippen molar-refractivity contribution in [3.05, 3.63) is 82.4 Å². The average Bonchev–Trinajstić information content (AvgIpc) is 3.46. The maximum Gasteiger partial charge on any atom is 0.271 e. The Kier molecular flexibility index (Phi) is 5.34. The Morgan fingerprint density at radius 3 is 2.60 bits per heavy atom. The summed E-state index contributed by atoms with van der Waals surface area (Å²) < 4.78 is 29.2. The minimum atomic E-state index is -0.648. The number of likely N-dealkylation sites (tertiary alicyclic amines) is 2. The molecule has 0 bridgehead atoms. The monoisotopic (exact) mass is 493 g/mol. The maximum absolute atomic E-state index is 14.2. The van der Waals surface area contributed by atoms with E-state index in [1.807, 2.05) is 11.0 Å². The van der Waals surface area contributed by atoms with Gasteiger partial charge in [-0.05, 0) is 36.4 Å². The first-order valence-corrected chi connectivity index (χ1v) is 12.2. The van der Waals surface area contributed by atoms with E-state index in [1.54, 1.807) is 39.9 Å². The molecule has 7 nitrogen and oxygen atoms in total. The summed E-state index contributed by atoms with van der Waals surface area (Å²) in [6.45, 7) is 2.82. The van der Waals surface area contributed by atoms with Gasteiger partial charge in [0.05, 0.1) is 22.8 Å². The van der Waals surface area contributed by atoms with Crippen molar-refractivity contribution in [2.45, 2.75) is 12.1 Å². The van der Waals surface area contributed by atoms with Gasteiger partial charge in [0.2, 0.25) is 0 Å². The number of halogens is 2. The van der Waals surface area contributed by atoms with Crippen LogP contribution < -0.4 is 5.32 Å². The van der Waals surface area contributed by atoms with E-state index in [1.165, 1.54) is 23.5 Å². The Morgan fingerprint density at radius 2 is 1.86 bits per heavy atom. The van der Waals surface area contributed by atoms with Crippen molar-refractivity contribution in [2.24, 2.45) is 0 Å². The molecule has 2 aromatic carbocycles. The number of nitrogens with zero attached hydrogens (tertiary/aromatic N) is 4. The van der Waals surface area contributed by atoms with E-state index in [-0.39, 0.29) is 29.6 Å². The highest BCUT2D eigenvalue weighted by Crippen LogP contribution is 2.27. The number of benzene rings is 2. The van der Waals surface area contributed by atoms with Gasteiger partial charge < -0.3 is 14.8 Å². The van der Waals surface area contributed by atoms with Gasteiger partial charge in [0, 0.05) is 60.8 Å². The summed E-state index contributed by atoms with van der Waals surface area (Å²) in [5, 5.41) is 5.52. The highest BCUT2D eigenvalue weighted by Gasteiger charge is 2.41. The topological polar surface area (TPSA) is 70.5 Å². The minimum Gasteiger partial charge on any atom is -0.345 e. The van der Waals surface area contributed by atoms with Crippen LogP contribution in [-0.4, -0.2) is 69.4 Å². The van der Waals surface area contributed by atoms with E-state index in [9.17, 15) is 18.4 Å². The first kappa shape index (κ1) is 21.9. The van der Waals surface area contributed by atoms with Gasteiger partial charge in [-0.1, -0.05) is 0 Å². The summed E-state index contributed by atoms with van der Waals surface area (Å²) in [6, 6.07) is 11.0. The van der Waals surface area contributed by atoms with Gasteiger partial charge in [0.15, 0.2) is 0 Å². The molecule has 6 rings (SSSR count). The van der Waals surface area contributed by atoms with Crippen LogP contribution in [0.15, 0.2) is 59.6 Å². The number of amides is 2. The molecule has 4 aromatic rings. The molecule has 0 spiro atoms. The molecule has 0 atom stereocenters. The number of carbonyl (C=O) groups excluding carboxylic acids is 2. The molecule has 2 fully saturated rings. The van der Waals surface area contributed by atoms with Crippen molar-refractivity contribution in [3.8, 4) is 5.69 Å². The lowest BCUT2D eigenvalue weighted by Crippen LogP contribution is -2.70. The van der Waals surface area contributed by atoms with Gasteiger partial charge in [0.25, 0.3) is 11.8 Å². The van der Waals surface area contributed by atoms with Crippen molar-refractivity contribution in [3.63, 3.8) is 0 Å². The van der Waals surface area contributed by atoms with Crippen LogP contribution in [0.2, 0.25) is 0 Å². The van der Waals surface area contributed by atoms with Crippen LogP contribution in [0.4, 0.5) is 8.78 Å². The van der Waals surface area contributed by atoms with Crippen molar-refractivity contribution in [2.75, 3.05) is 26.2 Å². The molecule has 2 aromatic heterocycles. The van der Waals surface area contributed by atoms with Crippen molar-refractivity contribution < 1.29 is 18.4 Å². The van der Waals surface area contributed by atoms with Crippen LogP contribution in [0.5, 0.6) is 0 Å². The normalized spacial score (nSPS) is 16.8. The molecule has 0 saturated carbocycles. The summed E-state index contributed by atoms with van der Waals surface area (Å²) in [5.41, 5.74) is 3.65. The Balaban J connectivity index is 1.06. The molecule has 4 heterocycles. The Bertz CT molecular complexity index is 1430. The highest BCUT2D eigenvalue weighted by atomic mass is 32.1. The van der Waals surface area contributed by atoms with Crippen molar-refractivity contribution >= 4 is 34.1 Å². The number of carbonyl (C=O) groups is 2. The van der Waals surface area contributed by atoms with E-state index in [0.717, 1.165) is 30.1 Å². The molecular formula is C25H21F2N5O2S. The van der Waals surface area contributed by atoms with Crippen LogP contribution in [0.1, 0.15) is 20.8 Å². The molecule has 2 aliphatic heterocycles. The van der Waals surface area contributed by atoms with Crippen molar-refractivity contribution in [1.82, 2.24) is 24.7 Å². The molecule has 2 aliphatic rings. The standard InChI is InChI=1S/C25H21F2N5O2S/c26-17-2-4-23(20(27)8-17)32-6-5-15-7-16(1-3-22(15)32)25(34)31-11-19(12-31)30-9-18(10-30)29-24(33)21-13-35-14-28-21/h1-8,13-14,18-19H,9-12H2,(H,29,33). The SMILES string of the molecule is O=C(NC1CN(C2CN(C(=O)c3ccc4c(ccn4-c4ccc(F)cc4F)c3)C2)C1)c1cscn1. The molecule has 0 unspecified atom stereocenters. The number of nitrogens with one attached hydrogen (secondary N) is 1. The third kappa shape index (κ3) is 3.98. The third-order valence-corrected chi connectivity index (χ3v) is 7.27. The van der Waals surface area contributed by atoms with Crippen LogP contribution in [0.3, 0.4) is 0 Å². The third-order valence-electron chi connectivity index (χ3n) is 6.68. The number of thiazole rings is 1.